The maximum atomic E-state index is 5.30. The van der Waals surface area contributed by atoms with Gasteiger partial charge in [-0.2, -0.15) is 0 Å². The fraction of sp³-hybridized carbons (Fsp3) is 1.00. The van der Waals surface area contributed by atoms with Gasteiger partial charge in [-0.3, -0.25) is 0 Å². The Morgan fingerprint density at radius 3 is 2.36 bits per heavy atom. The van der Waals surface area contributed by atoms with Crippen LogP contribution in [0.1, 0.15) is 52.4 Å². The van der Waals surface area contributed by atoms with Crippen molar-refractivity contribution in [2.24, 2.45) is 0 Å². The quantitative estimate of drug-likeness (QED) is 0.425. The van der Waals surface area contributed by atoms with Crippen molar-refractivity contribution in [1.82, 2.24) is 0 Å². The molecule has 0 unspecified atom stereocenters. The standard InChI is InChI=1S/C10H20O/c1-3-4-5-6-7-8-10(2)9-11-10/h3-9H2,1-2H3/t10-/m1/s1. The molecule has 0 radical (unpaired) electrons. The lowest BCUT2D eigenvalue weighted by Crippen LogP contribution is -2.02. The van der Waals surface area contributed by atoms with E-state index in [1.54, 1.807) is 0 Å². The summed E-state index contributed by atoms with van der Waals surface area (Å²) in [6, 6.07) is 0. The van der Waals surface area contributed by atoms with Crippen LogP contribution in [0, 0.1) is 0 Å². The first-order chi connectivity index (χ1) is 5.27. The van der Waals surface area contributed by atoms with Gasteiger partial charge in [0.15, 0.2) is 0 Å². The van der Waals surface area contributed by atoms with E-state index in [1.165, 1.54) is 38.5 Å². The summed E-state index contributed by atoms with van der Waals surface area (Å²) in [5.74, 6) is 0. The Morgan fingerprint density at radius 1 is 1.18 bits per heavy atom. The van der Waals surface area contributed by atoms with Gasteiger partial charge in [0.1, 0.15) is 0 Å². The number of hydrogen-bond acceptors (Lipinski definition) is 1. The molecular formula is C10H20O. The van der Waals surface area contributed by atoms with Crippen LogP contribution in [0.4, 0.5) is 0 Å². The second kappa shape index (κ2) is 4.10. The lowest BCUT2D eigenvalue weighted by atomic mass is 10.0. The number of unbranched alkanes of at least 4 members (excludes halogenated alkanes) is 4. The fourth-order valence-corrected chi connectivity index (χ4v) is 1.37. The van der Waals surface area contributed by atoms with Crippen molar-refractivity contribution in [2.45, 2.75) is 58.0 Å². The lowest BCUT2D eigenvalue weighted by Gasteiger charge is -2.03. The molecule has 0 amide bonds. The molecule has 0 aliphatic carbocycles. The van der Waals surface area contributed by atoms with Crippen molar-refractivity contribution in [3.63, 3.8) is 0 Å². The van der Waals surface area contributed by atoms with Gasteiger partial charge < -0.3 is 4.74 Å². The summed E-state index contributed by atoms with van der Waals surface area (Å²) in [7, 11) is 0. The zero-order chi connectivity index (χ0) is 8.16. The molecule has 0 spiro atoms. The van der Waals surface area contributed by atoms with Crippen LogP contribution in [0.3, 0.4) is 0 Å². The minimum absolute atomic E-state index is 0.298. The summed E-state index contributed by atoms with van der Waals surface area (Å²) in [5.41, 5.74) is 0.298. The Labute approximate surface area is 70.1 Å². The van der Waals surface area contributed by atoms with Crippen molar-refractivity contribution in [3.8, 4) is 0 Å². The first kappa shape index (κ1) is 9.05. The highest BCUT2D eigenvalue weighted by molar-refractivity contribution is 4.86. The van der Waals surface area contributed by atoms with Crippen LogP contribution in [-0.4, -0.2) is 12.2 Å². The zero-order valence-corrected chi connectivity index (χ0v) is 7.86. The molecule has 0 aromatic carbocycles. The normalized spacial score (nSPS) is 28.9. The summed E-state index contributed by atoms with van der Waals surface area (Å²) in [6.45, 7) is 5.47. The van der Waals surface area contributed by atoms with Crippen LogP contribution in [0.5, 0.6) is 0 Å². The first-order valence-electron chi connectivity index (χ1n) is 4.91. The van der Waals surface area contributed by atoms with Crippen molar-refractivity contribution in [3.05, 3.63) is 0 Å². The molecule has 1 saturated heterocycles. The summed E-state index contributed by atoms with van der Waals surface area (Å²) >= 11 is 0. The Kier molecular flexibility index (Phi) is 3.38. The summed E-state index contributed by atoms with van der Waals surface area (Å²) in [6.07, 6.45) is 8.18. The Balaban J connectivity index is 1.81. The smallest absolute Gasteiger partial charge is 0.0888 e. The van der Waals surface area contributed by atoms with Gasteiger partial charge in [-0.15, -0.1) is 0 Å². The van der Waals surface area contributed by atoms with Crippen molar-refractivity contribution in [2.75, 3.05) is 6.61 Å². The summed E-state index contributed by atoms with van der Waals surface area (Å²) in [4.78, 5) is 0. The molecular weight excluding hydrogens is 136 g/mol. The van der Waals surface area contributed by atoms with Gasteiger partial charge in [0.2, 0.25) is 0 Å². The predicted octanol–water partition coefficient (Wildman–Crippen LogP) is 3.14. The van der Waals surface area contributed by atoms with E-state index in [0.717, 1.165) is 6.61 Å². The highest BCUT2D eigenvalue weighted by Gasteiger charge is 2.37. The number of ether oxygens (including phenoxy) is 1. The molecule has 1 heterocycles. The third-order valence-electron chi connectivity index (χ3n) is 2.45. The molecule has 1 aliphatic heterocycles. The van der Waals surface area contributed by atoms with Crippen LogP contribution in [-0.2, 0) is 4.74 Å². The highest BCUT2D eigenvalue weighted by atomic mass is 16.6. The van der Waals surface area contributed by atoms with E-state index in [-0.39, 0.29) is 0 Å². The molecule has 0 aromatic rings. The predicted molar refractivity (Wildman–Crippen MR) is 47.7 cm³/mol. The molecule has 1 nitrogen and oxygen atoms in total. The van der Waals surface area contributed by atoms with E-state index < -0.39 is 0 Å². The van der Waals surface area contributed by atoms with E-state index in [0.29, 0.717) is 5.60 Å². The monoisotopic (exact) mass is 156 g/mol. The van der Waals surface area contributed by atoms with Gasteiger partial charge in [-0.1, -0.05) is 39.0 Å². The van der Waals surface area contributed by atoms with Crippen LogP contribution in [0.25, 0.3) is 0 Å². The van der Waals surface area contributed by atoms with E-state index in [1.807, 2.05) is 0 Å². The maximum absolute atomic E-state index is 5.30. The van der Waals surface area contributed by atoms with Gasteiger partial charge >= 0.3 is 0 Å². The summed E-state index contributed by atoms with van der Waals surface area (Å²) < 4.78 is 5.30. The molecule has 1 atom stereocenters. The molecule has 0 aromatic heterocycles. The van der Waals surface area contributed by atoms with E-state index in [9.17, 15) is 0 Å². The third kappa shape index (κ3) is 3.76. The molecule has 1 heteroatoms. The van der Waals surface area contributed by atoms with Crippen LogP contribution in [0.2, 0.25) is 0 Å². The molecule has 66 valence electrons. The van der Waals surface area contributed by atoms with Crippen LogP contribution in [0.15, 0.2) is 0 Å². The van der Waals surface area contributed by atoms with Crippen molar-refractivity contribution in [1.29, 1.82) is 0 Å². The van der Waals surface area contributed by atoms with Crippen molar-refractivity contribution >= 4 is 0 Å². The van der Waals surface area contributed by atoms with Crippen LogP contribution < -0.4 is 0 Å². The first-order valence-corrected chi connectivity index (χ1v) is 4.91. The van der Waals surface area contributed by atoms with Crippen molar-refractivity contribution < 1.29 is 4.74 Å². The minimum atomic E-state index is 0.298. The lowest BCUT2D eigenvalue weighted by molar-refractivity contribution is 0.301. The second-order valence-electron chi connectivity index (χ2n) is 3.90. The van der Waals surface area contributed by atoms with Gasteiger partial charge in [0.05, 0.1) is 12.2 Å². The van der Waals surface area contributed by atoms with E-state index in [2.05, 4.69) is 13.8 Å². The Bertz CT molecular complexity index is 105. The topological polar surface area (TPSA) is 12.5 Å². The SMILES string of the molecule is CCCCCCC[C@]1(C)CO1. The minimum Gasteiger partial charge on any atom is -0.370 e. The molecule has 0 bridgehead atoms. The Hall–Kier alpha value is -0.0400. The average molecular weight is 156 g/mol. The second-order valence-corrected chi connectivity index (χ2v) is 3.90. The highest BCUT2D eigenvalue weighted by Crippen LogP contribution is 2.31. The van der Waals surface area contributed by atoms with Gasteiger partial charge in [-0.25, -0.2) is 0 Å². The molecule has 1 rings (SSSR count). The molecule has 0 saturated carbocycles. The molecule has 1 fully saturated rings. The average Bonchev–Trinajstić information content (AvgIpc) is 2.69. The third-order valence-corrected chi connectivity index (χ3v) is 2.45. The largest absolute Gasteiger partial charge is 0.370 e. The van der Waals surface area contributed by atoms with E-state index >= 15 is 0 Å². The molecule has 11 heavy (non-hydrogen) atoms. The Morgan fingerprint density at radius 2 is 1.82 bits per heavy atom. The summed E-state index contributed by atoms with van der Waals surface area (Å²) in [5, 5.41) is 0. The zero-order valence-electron chi connectivity index (χ0n) is 7.86. The van der Waals surface area contributed by atoms with Gasteiger partial charge in [0, 0.05) is 0 Å². The molecule has 1 aliphatic rings. The molecule has 0 N–H and O–H groups in total. The number of hydrogen-bond donors (Lipinski definition) is 0. The van der Waals surface area contributed by atoms with Gasteiger partial charge in [0.25, 0.3) is 0 Å². The fourth-order valence-electron chi connectivity index (χ4n) is 1.37. The van der Waals surface area contributed by atoms with Crippen LogP contribution >= 0.6 is 0 Å². The van der Waals surface area contributed by atoms with Gasteiger partial charge in [-0.05, 0) is 13.3 Å². The maximum Gasteiger partial charge on any atom is 0.0888 e. The van der Waals surface area contributed by atoms with E-state index in [4.69, 9.17) is 4.74 Å². The number of rotatable bonds is 6. The number of epoxide rings is 1.